The zero-order chi connectivity index (χ0) is 13.8. The molecule has 3 nitrogen and oxygen atoms in total. The lowest BCUT2D eigenvalue weighted by molar-refractivity contribution is -0.159. The summed E-state index contributed by atoms with van der Waals surface area (Å²) in [6.07, 6.45) is 16.2. The van der Waals surface area contributed by atoms with Gasteiger partial charge in [-0.05, 0) is 19.3 Å². The maximum Gasteiger partial charge on any atom is 0.317 e. The van der Waals surface area contributed by atoms with E-state index in [-0.39, 0.29) is 12.4 Å². The Morgan fingerprint density at radius 3 is 1.95 bits per heavy atom. The number of cyclic esters (lactones) is 2. The molecule has 0 aromatic rings. The van der Waals surface area contributed by atoms with Crippen molar-refractivity contribution in [3.63, 3.8) is 0 Å². The lowest BCUT2D eigenvalue weighted by Gasteiger charge is -2.02. The number of carbonyl (C=O) groups excluding carboxylic acids is 2. The van der Waals surface area contributed by atoms with E-state index in [1.54, 1.807) is 0 Å². The monoisotopic (exact) mass is 266 g/mol. The molecule has 0 aromatic heterocycles. The first-order chi connectivity index (χ1) is 9.29. The van der Waals surface area contributed by atoms with Crippen molar-refractivity contribution in [3.8, 4) is 0 Å². The highest BCUT2D eigenvalue weighted by Gasteiger charge is 2.08. The number of hydrogen-bond acceptors (Lipinski definition) is 3. The molecule has 0 saturated heterocycles. The van der Waals surface area contributed by atoms with Crippen LogP contribution in [0.5, 0.6) is 0 Å². The van der Waals surface area contributed by atoms with Crippen LogP contribution >= 0.6 is 0 Å². The standard InChI is InChI=1S/C16H26O3/c17-15-13-11-9-7-5-3-1-2-4-6-8-10-12-14-16(18)19-15/h9,11H,1-8,10,12-14H2/b11-9+. The van der Waals surface area contributed by atoms with E-state index in [0.29, 0.717) is 6.42 Å². The van der Waals surface area contributed by atoms with Gasteiger partial charge in [-0.15, -0.1) is 0 Å². The minimum atomic E-state index is -0.425. The molecule has 1 heterocycles. The third-order valence-electron chi connectivity index (χ3n) is 3.43. The Kier molecular flexibility index (Phi) is 9.03. The van der Waals surface area contributed by atoms with E-state index >= 15 is 0 Å². The molecule has 1 aliphatic heterocycles. The molecule has 0 spiro atoms. The second kappa shape index (κ2) is 10.8. The Morgan fingerprint density at radius 2 is 1.26 bits per heavy atom. The quantitative estimate of drug-likeness (QED) is 0.373. The molecule has 19 heavy (non-hydrogen) atoms. The van der Waals surface area contributed by atoms with Gasteiger partial charge in [-0.25, -0.2) is 0 Å². The lowest BCUT2D eigenvalue weighted by Crippen LogP contribution is -2.11. The molecule has 0 saturated carbocycles. The van der Waals surface area contributed by atoms with Gasteiger partial charge in [-0.3, -0.25) is 9.59 Å². The second-order valence-corrected chi connectivity index (χ2v) is 5.24. The lowest BCUT2D eigenvalue weighted by atomic mass is 10.1. The predicted octanol–water partition coefficient (Wildman–Crippen LogP) is 4.31. The van der Waals surface area contributed by atoms with Crippen LogP contribution in [0.2, 0.25) is 0 Å². The average Bonchev–Trinajstić information content (AvgIpc) is 2.38. The third kappa shape index (κ3) is 9.46. The maximum absolute atomic E-state index is 11.4. The topological polar surface area (TPSA) is 43.4 Å². The van der Waals surface area contributed by atoms with Crippen LogP contribution < -0.4 is 0 Å². The minimum absolute atomic E-state index is 0.214. The van der Waals surface area contributed by atoms with Crippen molar-refractivity contribution in [1.29, 1.82) is 0 Å². The molecule has 0 radical (unpaired) electrons. The van der Waals surface area contributed by atoms with Gasteiger partial charge in [-0.2, -0.15) is 0 Å². The summed E-state index contributed by atoms with van der Waals surface area (Å²) in [6, 6.07) is 0. The minimum Gasteiger partial charge on any atom is -0.393 e. The number of esters is 2. The zero-order valence-corrected chi connectivity index (χ0v) is 11.9. The van der Waals surface area contributed by atoms with Crippen molar-refractivity contribution in [1.82, 2.24) is 0 Å². The van der Waals surface area contributed by atoms with E-state index in [1.807, 2.05) is 12.2 Å². The molecule has 0 atom stereocenters. The maximum atomic E-state index is 11.4. The fraction of sp³-hybridized carbons (Fsp3) is 0.750. The molecule has 3 heteroatoms. The van der Waals surface area contributed by atoms with Crippen LogP contribution in [0.4, 0.5) is 0 Å². The van der Waals surface area contributed by atoms with Gasteiger partial charge >= 0.3 is 11.9 Å². The van der Waals surface area contributed by atoms with Crippen molar-refractivity contribution < 1.29 is 14.3 Å². The Labute approximate surface area is 116 Å². The number of carbonyl (C=O) groups is 2. The van der Waals surface area contributed by atoms with Crippen LogP contribution in [0.3, 0.4) is 0 Å². The van der Waals surface area contributed by atoms with E-state index in [0.717, 1.165) is 19.3 Å². The molecule has 108 valence electrons. The highest BCUT2D eigenvalue weighted by Crippen LogP contribution is 2.12. The zero-order valence-electron chi connectivity index (χ0n) is 11.9. The molecule has 0 amide bonds. The van der Waals surface area contributed by atoms with Crippen molar-refractivity contribution in [2.45, 2.75) is 77.0 Å². The number of ether oxygens (including phenoxy) is 1. The Hall–Kier alpha value is -1.12. The summed E-state index contributed by atoms with van der Waals surface area (Å²) in [5, 5.41) is 0. The first-order valence-corrected chi connectivity index (χ1v) is 7.67. The second-order valence-electron chi connectivity index (χ2n) is 5.24. The van der Waals surface area contributed by atoms with Crippen molar-refractivity contribution in [3.05, 3.63) is 12.2 Å². The molecule has 0 N–H and O–H groups in total. The molecule has 0 fully saturated rings. The summed E-state index contributed by atoms with van der Waals surface area (Å²) in [4.78, 5) is 22.7. The number of allylic oxidation sites excluding steroid dienone is 1. The Balaban J connectivity index is 2.30. The molecule has 1 aliphatic rings. The fourth-order valence-electron chi connectivity index (χ4n) is 2.29. The molecule has 1 rings (SSSR count). The van der Waals surface area contributed by atoms with E-state index in [2.05, 4.69) is 0 Å². The third-order valence-corrected chi connectivity index (χ3v) is 3.43. The molecule has 0 aromatic carbocycles. The highest BCUT2D eigenvalue weighted by molar-refractivity contribution is 5.86. The van der Waals surface area contributed by atoms with Gasteiger partial charge in [0, 0.05) is 6.42 Å². The highest BCUT2D eigenvalue weighted by atomic mass is 16.6. The number of rotatable bonds is 0. The van der Waals surface area contributed by atoms with Gasteiger partial charge in [0.2, 0.25) is 0 Å². The van der Waals surface area contributed by atoms with Crippen LogP contribution in [0.15, 0.2) is 12.2 Å². The van der Waals surface area contributed by atoms with Crippen LogP contribution in [0.25, 0.3) is 0 Å². The average molecular weight is 266 g/mol. The van der Waals surface area contributed by atoms with Gasteiger partial charge < -0.3 is 4.74 Å². The SMILES string of the molecule is O=C1C/C=C/CCCCCCCCCCCC(=O)O1. The van der Waals surface area contributed by atoms with Gasteiger partial charge in [0.05, 0.1) is 6.42 Å². The van der Waals surface area contributed by atoms with Crippen LogP contribution in [0.1, 0.15) is 77.0 Å². The van der Waals surface area contributed by atoms with Crippen LogP contribution in [-0.4, -0.2) is 11.9 Å². The number of hydrogen-bond donors (Lipinski definition) is 0. The predicted molar refractivity (Wildman–Crippen MR) is 75.6 cm³/mol. The molecular formula is C16H26O3. The van der Waals surface area contributed by atoms with Crippen LogP contribution in [-0.2, 0) is 14.3 Å². The summed E-state index contributed by atoms with van der Waals surface area (Å²) < 4.78 is 4.75. The normalized spacial score (nSPS) is 23.4. The summed E-state index contributed by atoms with van der Waals surface area (Å²) >= 11 is 0. The van der Waals surface area contributed by atoms with E-state index in [4.69, 9.17) is 4.74 Å². The fourth-order valence-corrected chi connectivity index (χ4v) is 2.29. The first kappa shape index (κ1) is 15.9. The summed E-state index contributed by atoms with van der Waals surface area (Å²) in [7, 11) is 0. The summed E-state index contributed by atoms with van der Waals surface area (Å²) in [6.45, 7) is 0. The molecular weight excluding hydrogens is 240 g/mol. The van der Waals surface area contributed by atoms with E-state index < -0.39 is 5.97 Å². The smallest absolute Gasteiger partial charge is 0.317 e. The van der Waals surface area contributed by atoms with Gasteiger partial charge in [-0.1, -0.05) is 57.1 Å². The molecule has 0 bridgehead atoms. The van der Waals surface area contributed by atoms with Crippen molar-refractivity contribution >= 4 is 11.9 Å². The Bertz CT molecular complexity index is 294. The van der Waals surface area contributed by atoms with Gasteiger partial charge in [0.25, 0.3) is 0 Å². The van der Waals surface area contributed by atoms with E-state index in [9.17, 15) is 9.59 Å². The summed E-state index contributed by atoms with van der Waals surface area (Å²) in [5.41, 5.74) is 0. The Morgan fingerprint density at radius 1 is 0.684 bits per heavy atom. The first-order valence-electron chi connectivity index (χ1n) is 7.67. The van der Waals surface area contributed by atoms with Crippen molar-refractivity contribution in [2.24, 2.45) is 0 Å². The summed E-state index contributed by atoms with van der Waals surface area (Å²) in [5.74, 6) is -0.798. The molecule has 0 aliphatic carbocycles. The van der Waals surface area contributed by atoms with Crippen molar-refractivity contribution in [2.75, 3.05) is 0 Å². The van der Waals surface area contributed by atoms with Gasteiger partial charge in [0.1, 0.15) is 0 Å². The van der Waals surface area contributed by atoms with Gasteiger partial charge in [0.15, 0.2) is 0 Å². The largest absolute Gasteiger partial charge is 0.393 e. The van der Waals surface area contributed by atoms with E-state index in [1.165, 1.54) is 44.9 Å². The molecule has 0 unspecified atom stereocenters. The van der Waals surface area contributed by atoms with Crippen LogP contribution in [0, 0.1) is 0 Å².